The van der Waals surface area contributed by atoms with Crippen LogP contribution < -0.4 is 9.62 Å². The quantitative estimate of drug-likeness (QED) is 0.323. The molecule has 0 radical (unpaired) electrons. The summed E-state index contributed by atoms with van der Waals surface area (Å²) in [4.78, 5) is 29.2. The summed E-state index contributed by atoms with van der Waals surface area (Å²) in [6.07, 6.45) is 1.30. The van der Waals surface area contributed by atoms with Crippen LogP contribution in [0.15, 0.2) is 83.3 Å². The van der Waals surface area contributed by atoms with Gasteiger partial charge in [-0.05, 0) is 68.3 Å². The van der Waals surface area contributed by atoms with Gasteiger partial charge in [0.1, 0.15) is 12.6 Å². The van der Waals surface area contributed by atoms with Gasteiger partial charge in [-0.3, -0.25) is 13.9 Å². The Morgan fingerprint density at radius 2 is 1.51 bits per heavy atom. The SMILES string of the molecule is CC(C)(C)NC(=O)C(Cc1ccccc1)N(Cc1ccc(Cl)cc1)C(=O)CN(c1ccc(Br)cc1)S(C)(=O)=O. The van der Waals surface area contributed by atoms with E-state index in [0.29, 0.717) is 10.7 Å². The van der Waals surface area contributed by atoms with E-state index < -0.39 is 34.1 Å². The smallest absolute Gasteiger partial charge is 0.244 e. The number of benzene rings is 3. The topological polar surface area (TPSA) is 86.8 Å². The summed E-state index contributed by atoms with van der Waals surface area (Å²) in [5.41, 5.74) is 1.42. The first-order valence-electron chi connectivity index (χ1n) is 12.4. The third-order valence-corrected chi connectivity index (χ3v) is 7.75. The van der Waals surface area contributed by atoms with E-state index in [2.05, 4.69) is 21.2 Å². The highest BCUT2D eigenvalue weighted by Crippen LogP contribution is 2.23. The Kier molecular flexibility index (Phi) is 10.2. The van der Waals surface area contributed by atoms with Crippen LogP contribution in [0.1, 0.15) is 31.9 Å². The predicted octanol–water partition coefficient (Wildman–Crippen LogP) is 5.42. The molecule has 0 aliphatic rings. The van der Waals surface area contributed by atoms with Crippen LogP contribution in [-0.4, -0.2) is 49.5 Å². The number of nitrogens with zero attached hydrogens (tertiary/aromatic N) is 2. The van der Waals surface area contributed by atoms with Crippen LogP contribution in [-0.2, 0) is 32.6 Å². The molecule has 0 fully saturated rings. The van der Waals surface area contributed by atoms with Crippen LogP contribution in [0.2, 0.25) is 5.02 Å². The van der Waals surface area contributed by atoms with E-state index >= 15 is 0 Å². The van der Waals surface area contributed by atoms with Crippen molar-refractivity contribution in [3.8, 4) is 0 Å². The minimum absolute atomic E-state index is 0.0863. The lowest BCUT2D eigenvalue weighted by molar-refractivity contribution is -0.140. The van der Waals surface area contributed by atoms with E-state index in [4.69, 9.17) is 11.6 Å². The van der Waals surface area contributed by atoms with Gasteiger partial charge in [0, 0.05) is 28.0 Å². The molecule has 3 rings (SSSR count). The summed E-state index contributed by atoms with van der Waals surface area (Å²) in [5, 5.41) is 3.54. The summed E-state index contributed by atoms with van der Waals surface area (Å²) in [5.74, 6) is -0.841. The highest BCUT2D eigenvalue weighted by molar-refractivity contribution is 9.10. The lowest BCUT2D eigenvalue weighted by atomic mass is 10.0. The van der Waals surface area contributed by atoms with Crippen molar-refractivity contribution in [2.75, 3.05) is 17.1 Å². The first-order chi connectivity index (χ1) is 18.2. The van der Waals surface area contributed by atoms with Crippen LogP contribution in [0.25, 0.3) is 0 Å². The van der Waals surface area contributed by atoms with Crippen molar-refractivity contribution in [3.63, 3.8) is 0 Å². The molecule has 0 saturated carbocycles. The van der Waals surface area contributed by atoms with Crippen LogP contribution in [0, 0.1) is 0 Å². The van der Waals surface area contributed by atoms with Gasteiger partial charge in [0.25, 0.3) is 0 Å². The van der Waals surface area contributed by atoms with Crippen molar-refractivity contribution < 1.29 is 18.0 Å². The molecule has 0 saturated heterocycles. The molecule has 0 aromatic heterocycles. The number of carbonyl (C=O) groups is 2. The van der Waals surface area contributed by atoms with Gasteiger partial charge in [-0.1, -0.05) is 70.0 Å². The zero-order valence-electron chi connectivity index (χ0n) is 22.4. The summed E-state index contributed by atoms with van der Waals surface area (Å²) in [7, 11) is -3.82. The molecule has 1 atom stereocenters. The van der Waals surface area contributed by atoms with E-state index in [9.17, 15) is 18.0 Å². The molecule has 0 spiro atoms. The average Bonchev–Trinajstić information content (AvgIpc) is 2.85. The van der Waals surface area contributed by atoms with Crippen molar-refractivity contribution in [3.05, 3.63) is 99.5 Å². The normalized spacial score (nSPS) is 12.5. The van der Waals surface area contributed by atoms with E-state index in [1.54, 1.807) is 48.5 Å². The van der Waals surface area contributed by atoms with E-state index in [0.717, 1.165) is 26.2 Å². The summed E-state index contributed by atoms with van der Waals surface area (Å²) < 4.78 is 27.4. The van der Waals surface area contributed by atoms with Gasteiger partial charge in [-0.2, -0.15) is 0 Å². The number of hydrogen-bond donors (Lipinski definition) is 1. The molecule has 1 N–H and O–H groups in total. The summed E-state index contributed by atoms with van der Waals surface area (Å²) in [6, 6.07) is 22.2. The zero-order valence-corrected chi connectivity index (χ0v) is 25.6. The van der Waals surface area contributed by atoms with Gasteiger partial charge in [0.05, 0.1) is 11.9 Å². The highest BCUT2D eigenvalue weighted by atomic mass is 79.9. The average molecular weight is 635 g/mol. The van der Waals surface area contributed by atoms with Gasteiger partial charge in [-0.25, -0.2) is 8.42 Å². The van der Waals surface area contributed by atoms with Gasteiger partial charge in [0.2, 0.25) is 21.8 Å². The molecule has 3 aromatic carbocycles. The Morgan fingerprint density at radius 1 is 0.923 bits per heavy atom. The van der Waals surface area contributed by atoms with Crippen molar-refractivity contribution >= 4 is 55.1 Å². The zero-order chi connectivity index (χ0) is 28.8. The molecule has 0 heterocycles. The molecule has 0 bridgehead atoms. The van der Waals surface area contributed by atoms with Gasteiger partial charge < -0.3 is 10.2 Å². The lowest BCUT2D eigenvalue weighted by Crippen LogP contribution is -2.56. The molecule has 7 nitrogen and oxygen atoms in total. The molecule has 208 valence electrons. The Bertz CT molecular complexity index is 1380. The Hall–Kier alpha value is -2.88. The summed E-state index contributed by atoms with van der Waals surface area (Å²) in [6.45, 7) is 5.23. The molecular weight excluding hydrogens is 602 g/mol. The second-order valence-electron chi connectivity index (χ2n) is 10.3. The minimum atomic E-state index is -3.82. The van der Waals surface area contributed by atoms with Crippen LogP contribution in [0.4, 0.5) is 5.69 Å². The highest BCUT2D eigenvalue weighted by Gasteiger charge is 2.34. The second kappa shape index (κ2) is 13.0. The Labute approximate surface area is 244 Å². The minimum Gasteiger partial charge on any atom is -0.350 e. The van der Waals surface area contributed by atoms with Crippen LogP contribution >= 0.6 is 27.5 Å². The summed E-state index contributed by atoms with van der Waals surface area (Å²) >= 11 is 9.43. The Morgan fingerprint density at radius 3 is 2.05 bits per heavy atom. The molecule has 10 heteroatoms. The molecular formula is C29H33BrClN3O4S. The predicted molar refractivity (Wildman–Crippen MR) is 160 cm³/mol. The van der Waals surface area contributed by atoms with E-state index in [1.165, 1.54) is 4.90 Å². The van der Waals surface area contributed by atoms with Gasteiger partial charge in [-0.15, -0.1) is 0 Å². The monoisotopic (exact) mass is 633 g/mol. The molecule has 0 aliphatic heterocycles. The Balaban J connectivity index is 2.06. The third kappa shape index (κ3) is 9.37. The van der Waals surface area contributed by atoms with E-state index in [1.807, 2.05) is 51.1 Å². The molecule has 0 aliphatic carbocycles. The number of nitrogens with one attached hydrogen (secondary N) is 1. The number of amides is 2. The fourth-order valence-electron chi connectivity index (χ4n) is 4.01. The number of hydrogen-bond acceptors (Lipinski definition) is 4. The number of rotatable bonds is 10. The largest absolute Gasteiger partial charge is 0.350 e. The van der Waals surface area contributed by atoms with Crippen molar-refractivity contribution in [2.24, 2.45) is 0 Å². The molecule has 2 amide bonds. The molecule has 39 heavy (non-hydrogen) atoms. The number of halogens is 2. The lowest BCUT2D eigenvalue weighted by Gasteiger charge is -2.35. The first-order valence-corrected chi connectivity index (χ1v) is 15.4. The first kappa shape index (κ1) is 30.7. The molecule has 1 unspecified atom stereocenters. The fourth-order valence-corrected chi connectivity index (χ4v) is 5.25. The van der Waals surface area contributed by atoms with Gasteiger partial charge in [0.15, 0.2) is 0 Å². The van der Waals surface area contributed by atoms with Crippen molar-refractivity contribution in [1.82, 2.24) is 10.2 Å². The van der Waals surface area contributed by atoms with Crippen LogP contribution in [0.3, 0.4) is 0 Å². The third-order valence-electron chi connectivity index (χ3n) is 5.83. The van der Waals surface area contributed by atoms with Gasteiger partial charge >= 0.3 is 0 Å². The standard InChI is InChI=1S/C29H33BrClN3O4S/c1-29(2,3)32-28(36)26(18-21-8-6-5-7-9-21)33(19-22-10-14-24(31)15-11-22)27(35)20-34(39(4,37)38)25-16-12-23(30)13-17-25/h5-17,26H,18-20H2,1-4H3,(H,32,36). The number of carbonyl (C=O) groups excluding carboxylic acids is 2. The maximum atomic E-state index is 14.0. The second-order valence-corrected chi connectivity index (χ2v) is 13.6. The van der Waals surface area contributed by atoms with E-state index in [-0.39, 0.29) is 18.9 Å². The fraction of sp³-hybridized carbons (Fsp3) is 0.310. The maximum absolute atomic E-state index is 14.0. The number of anilines is 1. The van der Waals surface area contributed by atoms with Crippen LogP contribution in [0.5, 0.6) is 0 Å². The van der Waals surface area contributed by atoms with Crippen molar-refractivity contribution in [2.45, 2.75) is 45.3 Å². The molecule has 3 aromatic rings. The number of sulfonamides is 1. The maximum Gasteiger partial charge on any atom is 0.244 e. The van der Waals surface area contributed by atoms with Crippen molar-refractivity contribution in [1.29, 1.82) is 0 Å².